The third kappa shape index (κ3) is 5.03. The van der Waals surface area contributed by atoms with Gasteiger partial charge >= 0.3 is 0 Å². The van der Waals surface area contributed by atoms with E-state index in [1.54, 1.807) is 26.0 Å². The summed E-state index contributed by atoms with van der Waals surface area (Å²) < 4.78 is 0. The number of nitrogen functional groups attached to an aromatic ring is 2. The van der Waals surface area contributed by atoms with Crippen LogP contribution in [0.5, 0.6) is 0 Å². The fourth-order valence-corrected chi connectivity index (χ4v) is 0.511. The minimum absolute atomic E-state index is 0.00926. The van der Waals surface area contributed by atoms with Crippen LogP contribution >= 0.6 is 0 Å². The van der Waals surface area contributed by atoms with E-state index in [1.165, 1.54) is 0 Å². The van der Waals surface area contributed by atoms with Crippen LogP contribution in [0.3, 0.4) is 0 Å². The van der Waals surface area contributed by atoms with Crippen LogP contribution in [-0.2, 0) is 4.79 Å². The summed E-state index contributed by atoms with van der Waals surface area (Å²) in [4.78, 5) is 9.92. The Morgan fingerprint density at radius 1 is 1.14 bits per heavy atom. The van der Waals surface area contributed by atoms with Crippen LogP contribution < -0.4 is 17.2 Å². The zero-order chi connectivity index (χ0) is 11.1. The van der Waals surface area contributed by atoms with Crippen molar-refractivity contribution in [3.8, 4) is 0 Å². The van der Waals surface area contributed by atoms with Gasteiger partial charge in [-0.2, -0.15) is 0 Å². The minimum Gasteiger partial charge on any atom is -0.397 e. The molecule has 0 saturated carbocycles. The van der Waals surface area contributed by atoms with Crippen molar-refractivity contribution >= 4 is 17.3 Å². The molecule has 1 aromatic rings. The number of hydrogen-bond acceptors (Lipinski definition) is 3. The number of carbonyl (C=O) groups is 1. The van der Waals surface area contributed by atoms with Gasteiger partial charge in [0, 0.05) is 5.92 Å². The summed E-state index contributed by atoms with van der Waals surface area (Å²) in [6.45, 7) is 3.53. The summed E-state index contributed by atoms with van der Waals surface area (Å²) in [5.74, 6) is -0.250. The Bertz CT molecular complexity index is 276. The highest BCUT2D eigenvalue weighted by Crippen LogP contribution is 2.10. The average molecular weight is 195 g/mol. The normalized spacial score (nSPS) is 9.07. The number of nitrogens with two attached hydrogens (primary N) is 3. The van der Waals surface area contributed by atoms with Gasteiger partial charge in [-0.15, -0.1) is 0 Å². The first kappa shape index (κ1) is 12.3. The maximum absolute atomic E-state index is 9.92. The molecule has 0 unspecified atom stereocenters. The molecular weight excluding hydrogens is 178 g/mol. The molecule has 0 aliphatic heterocycles. The van der Waals surface area contributed by atoms with Crippen molar-refractivity contribution < 1.29 is 4.79 Å². The van der Waals surface area contributed by atoms with Crippen molar-refractivity contribution in [2.24, 2.45) is 11.7 Å². The number of para-hydroxylation sites is 2. The molecule has 0 aliphatic rings. The lowest BCUT2D eigenvalue weighted by Gasteiger charge is -1.94. The summed E-state index contributed by atoms with van der Waals surface area (Å²) in [6.07, 6.45) is 0. The first-order chi connectivity index (χ1) is 6.45. The van der Waals surface area contributed by atoms with Crippen molar-refractivity contribution in [3.05, 3.63) is 24.3 Å². The van der Waals surface area contributed by atoms with E-state index in [1.807, 2.05) is 12.1 Å². The molecule has 0 bridgehead atoms. The molecule has 1 amide bonds. The molecule has 0 atom stereocenters. The van der Waals surface area contributed by atoms with Gasteiger partial charge in [-0.1, -0.05) is 26.0 Å². The Labute approximate surface area is 84.1 Å². The van der Waals surface area contributed by atoms with E-state index < -0.39 is 0 Å². The topological polar surface area (TPSA) is 95.1 Å². The van der Waals surface area contributed by atoms with Crippen LogP contribution in [0.15, 0.2) is 24.3 Å². The zero-order valence-electron chi connectivity index (χ0n) is 8.53. The average Bonchev–Trinajstić information content (AvgIpc) is 2.11. The lowest BCUT2D eigenvalue weighted by Crippen LogP contribution is -2.17. The van der Waals surface area contributed by atoms with Gasteiger partial charge in [-0.25, -0.2) is 0 Å². The predicted octanol–water partition coefficient (Wildman–Crippen LogP) is 0.979. The minimum atomic E-state index is -0.241. The lowest BCUT2D eigenvalue weighted by atomic mass is 10.2. The second-order valence-corrected chi connectivity index (χ2v) is 3.19. The molecule has 0 aromatic heterocycles. The smallest absolute Gasteiger partial charge is 0.219 e. The number of rotatable bonds is 1. The molecule has 0 fully saturated rings. The standard InChI is InChI=1S/C6H8N2.C4H9NO/c7-5-3-1-2-4-6(5)8;1-3(2)4(5)6/h1-4H,7-8H2;3H,1-2H3,(H2,5,6). The second kappa shape index (κ2) is 5.85. The molecule has 0 radical (unpaired) electrons. The van der Waals surface area contributed by atoms with Gasteiger partial charge in [0.1, 0.15) is 0 Å². The summed E-state index contributed by atoms with van der Waals surface area (Å²) in [6, 6.07) is 7.25. The number of carbonyl (C=O) groups excluding carboxylic acids is 1. The largest absolute Gasteiger partial charge is 0.397 e. The molecule has 4 heteroatoms. The third-order valence-corrected chi connectivity index (χ3v) is 1.57. The zero-order valence-corrected chi connectivity index (χ0v) is 8.53. The van der Waals surface area contributed by atoms with E-state index in [-0.39, 0.29) is 11.8 Å². The number of benzene rings is 1. The molecule has 14 heavy (non-hydrogen) atoms. The lowest BCUT2D eigenvalue weighted by molar-refractivity contribution is -0.120. The third-order valence-electron chi connectivity index (χ3n) is 1.57. The fraction of sp³-hybridized carbons (Fsp3) is 0.300. The van der Waals surface area contributed by atoms with Gasteiger partial charge in [-0.3, -0.25) is 4.79 Å². The molecule has 4 nitrogen and oxygen atoms in total. The molecule has 0 spiro atoms. The number of anilines is 2. The van der Waals surface area contributed by atoms with Crippen LogP contribution in [0.25, 0.3) is 0 Å². The Morgan fingerprint density at radius 2 is 1.43 bits per heavy atom. The Morgan fingerprint density at radius 3 is 1.57 bits per heavy atom. The molecule has 0 aliphatic carbocycles. The van der Waals surface area contributed by atoms with Crippen molar-refractivity contribution in [1.82, 2.24) is 0 Å². The molecule has 1 rings (SSSR count). The second-order valence-electron chi connectivity index (χ2n) is 3.19. The molecule has 1 aromatic carbocycles. The van der Waals surface area contributed by atoms with Gasteiger partial charge in [0.05, 0.1) is 11.4 Å². The number of hydrogen-bond donors (Lipinski definition) is 3. The Kier molecular flexibility index (Phi) is 5.14. The van der Waals surface area contributed by atoms with E-state index in [2.05, 4.69) is 0 Å². The summed E-state index contributed by atoms with van der Waals surface area (Å²) in [5, 5.41) is 0. The van der Waals surface area contributed by atoms with Gasteiger partial charge in [0.2, 0.25) is 5.91 Å². The van der Waals surface area contributed by atoms with Crippen LogP contribution in [-0.4, -0.2) is 5.91 Å². The first-order valence-electron chi connectivity index (χ1n) is 4.34. The molecule has 0 saturated heterocycles. The van der Waals surface area contributed by atoms with Gasteiger partial charge in [-0.05, 0) is 12.1 Å². The van der Waals surface area contributed by atoms with Crippen LogP contribution in [0.1, 0.15) is 13.8 Å². The Hall–Kier alpha value is -1.71. The highest BCUT2D eigenvalue weighted by Gasteiger charge is 1.96. The van der Waals surface area contributed by atoms with Gasteiger partial charge in [0.25, 0.3) is 0 Å². The van der Waals surface area contributed by atoms with Crippen molar-refractivity contribution in [1.29, 1.82) is 0 Å². The SMILES string of the molecule is CC(C)C(N)=O.Nc1ccccc1N. The van der Waals surface area contributed by atoms with Gasteiger partial charge < -0.3 is 17.2 Å². The highest BCUT2D eigenvalue weighted by atomic mass is 16.1. The van der Waals surface area contributed by atoms with Crippen molar-refractivity contribution in [2.75, 3.05) is 11.5 Å². The summed E-state index contributed by atoms with van der Waals surface area (Å²) in [7, 11) is 0. The molecule has 78 valence electrons. The van der Waals surface area contributed by atoms with Crippen LogP contribution in [0.4, 0.5) is 11.4 Å². The van der Waals surface area contributed by atoms with Crippen molar-refractivity contribution in [2.45, 2.75) is 13.8 Å². The quantitative estimate of drug-likeness (QED) is 0.583. The fourth-order valence-electron chi connectivity index (χ4n) is 0.511. The summed E-state index contributed by atoms with van der Waals surface area (Å²) in [5.41, 5.74) is 16.9. The highest BCUT2D eigenvalue weighted by molar-refractivity contribution is 5.75. The van der Waals surface area contributed by atoms with Crippen molar-refractivity contribution in [3.63, 3.8) is 0 Å². The molecule has 6 N–H and O–H groups in total. The van der Waals surface area contributed by atoms with E-state index in [0.29, 0.717) is 11.4 Å². The molecule has 0 heterocycles. The van der Waals surface area contributed by atoms with Crippen LogP contribution in [0, 0.1) is 5.92 Å². The van der Waals surface area contributed by atoms with Gasteiger partial charge in [0.15, 0.2) is 0 Å². The van der Waals surface area contributed by atoms with E-state index in [4.69, 9.17) is 17.2 Å². The predicted molar refractivity (Wildman–Crippen MR) is 59.3 cm³/mol. The maximum atomic E-state index is 9.92. The van der Waals surface area contributed by atoms with E-state index in [9.17, 15) is 4.79 Å². The summed E-state index contributed by atoms with van der Waals surface area (Å²) >= 11 is 0. The Balaban J connectivity index is 0.000000255. The number of primary amides is 1. The first-order valence-corrected chi connectivity index (χ1v) is 4.34. The number of amides is 1. The monoisotopic (exact) mass is 195 g/mol. The van der Waals surface area contributed by atoms with Crippen LogP contribution in [0.2, 0.25) is 0 Å². The molecular formula is C10H17N3O. The van der Waals surface area contributed by atoms with E-state index >= 15 is 0 Å². The maximum Gasteiger partial charge on any atom is 0.219 e. The van der Waals surface area contributed by atoms with E-state index in [0.717, 1.165) is 0 Å².